The van der Waals surface area contributed by atoms with Crippen molar-refractivity contribution in [3.8, 4) is 45.6 Å². The normalized spacial score (nSPS) is 11.8. The number of rotatable bonds is 4. The van der Waals surface area contributed by atoms with Crippen molar-refractivity contribution in [2.75, 3.05) is 0 Å². The average molecular weight is 617 g/mol. The molecule has 0 aliphatic rings. The van der Waals surface area contributed by atoms with E-state index in [0.29, 0.717) is 28.9 Å². The molecule has 0 fully saturated rings. The average Bonchev–Trinajstić information content (AvgIpc) is 3.77. The first-order chi connectivity index (χ1) is 23.8. The highest BCUT2D eigenvalue weighted by Crippen LogP contribution is 2.41. The first-order valence-electron chi connectivity index (χ1n) is 15.8. The molecule has 6 nitrogen and oxygen atoms in total. The molecule has 10 rings (SSSR count). The topological polar surface area (TPSA) is 77.8 Å². The number of hydrogen-bond donors (Lipinski definition) is 0. The first-order valence-corrected chi connectivity index (χ1v) is 15.8. The van der Waals surface area contributed by atoms with Gasteiger partial charge in [0, 0.05) is 27.6 Å². The van der Waals surface area contributed by atoms with Gasteiger partial charge >= 0.3 is 0 Å². The predicted molar refractivity (Wildman–Crippen MR) is 191 cm³/mol. The van der Waals surface area contributed by atoms with Crippen LogP contribution in [0, 0.1) is 0 Å². The van der Waals surface area contributed by atoms with Crippen molar-refractivity contribution in [2.24, 2.45) is 0 Å². The number of nitrogens with zero attached hydrogens (tertiary/aromatic N) is 4. The number of benzene rings is 7. The van der Waals surface area contributed by atoms with Gasteiger partial charge in [-0.25, -0.2) is 19.9 Å². The molecule has 0 atom stereocenters. The molecule has 0 N–H and O–H groups in total. The summed E-state index contributed by atoms with van der Waals surface area (Å²) in [7, 11) is 0. The Morgan fingerprint density at radius 1 is 0.375 bits per heavy atom. The van der Waals surface area contributed by atoms with Crippen LogP contribution in [-0.2, 0) is 0 Å². The van der Waals surface area contributed by atoms with Crippen LogP contribution in [0.1, 0.15) is 0 Å². The third-order valence-electron chi connectivity index (χ3n) is 8.95. The van der Waals surface area contributed by atoms with Crippen molar-refractivity contribution in [1.82, 2.24) is 19.9 Å². The number of oxazole rings is 1. The maximum atomic E-state index is 6.40. The van der Waals surface area contributed by atoms with E-state index in [4.69, 9.17) is 28.8 Å². The molecule has 0 bridgehead atoms. The summed E-state index contributed by atoms with van der Waals surface area (Å²) >= 11 is 0. The lowest BCUT2D eigenvalue weighted by Gasteiger charge is -2.11. The van der Waals surface area contributed by atoms with Crippen LogP contribution in [0.4, 0.5) is 0 Å². The third kappa shape index (κ3) is 4.20. The third-order valence-corrected chi connectivity index (χ3v) is 8.95. The van der Waals surface area contributed by atoms with Crippen molar-refractivity contribution in [2.45, 2.75) is 0 Å². The lowest BCUT2D eigenvalue weighted by atomic mass is 10.0. The fourth-order valence-electron chi connectivity index (χ4n) is 6.67. The summed E-state index contributed by atoms with van der Waals surface area (Å²) in [6.45, 7) is 0. The molecule has 0 saturated carbocycles. The second-order valence-corrected chi connectivity index (χ2v) is 11.8. The summed E-state index contributed by atoms with van der Waals surface area (Å²) < 4.78 is 12.6. The zero-order chi connectivity index (χ0) is 31.6. The van der Waals surface area contributed by atoms with Gasteiger partial charge in [0.25, 0.3) is 0 Å². The molecule has 0 radical (unpaired) electrons. The van der Waals surface area contributed by atoms with Gasteiger partial charge in [-0.3, -0.25) is 0 Å². The van der Waals surface area contributed by atoms with Crippen molar-refractivity contribution >= 4 is 54.6 Å². The zero-order valence-electron chi connectivity index (χ0n) is 25.5. The van der Waals surface area contributed by atoms with Crippen LogP contribution < -0.4 is 0 Å². The molecular formula is C42H24N4O2. The Morgan fingerprint density at radius 2 is 1.00 bits per heavy atom. The molecule has 0 amide bonds. The summed E-state index contributed by atoms with van der Waals surface area (Å²) in [5.74, 6) is 2.42. The van der Waals surface area contributed by atoms with E-state index in [2.05, 4.69) is 48.5 Å². The minimum Gasteiger partial charge on any atom is -0.456 e. The lowest BCUT2D eigenvalue weighted by Crippen LogP contribution is -2.00. The van der Waals surface area contributed by atoms with Gasteiger partial charge in [0.2, 0.25) is 5.89 Å². The second-order valence-electron chi connectivity index (χ2n) is 11.8. The summed E-state index contributed by atoms with van der Waals surface area (Å²) in [4.78, 5) is 20.1. The van der Waals surface area contributed by atoms with Gasteiger partial charge in [-0.1, -0.05) is 109 Å². The Balaban J connectivity index is 1.22. The van der Waals surface area contributed by atoms with E-state index in [0.717, 1.165) is 71.3 Å². The molecule has 3 heterocycles. The lowest BCUT2D eigenvalue weighted by molar-refractivity contribution is 0.619. The van der Waals surface area contributed by atoms with E-state index in [1.807, 2.05) is 97.1 Å². The summed E-state index contributed by atoms with van der Waals surface area (Å²) in [5.41, 5.74) is 6.71. The van der Waals surface area contributed by atoms with Crippen molar-refractivity contribution in [3.05, 3.63) is 146 Å². The van der Waals surface area contributed by atoms with Crippen LogP contribution in [0.25, 0.3) is 100 Å². The van der Waals surface area contributed by atoms with Crippen LogP contribution in [0.2, 0.25) is 0 Å². The second kappa shape index (κ2) is 10.4. The maximum Gasteiger partial charge on any atom is 0.227 e. The van der Waals surface area contributed by atoms with Crippen molar-refractivity contribution < 1.29 is 8.83 Å². The fraction of sp³-hybridized carbons (Fsp3) is 0. The van der Waals surface area contributed by atoms with E-state index in [9.17, 15) is 0 Å². The van der Waals surface area contributed by atoms with E-state index in [1.54, 1.807) is 0 Å². The van der Waals surface area contributed by atoms with E-state index < -0.39 is 0 Å². The SMILES string of the molecule is c1ccc(-c2nc(-c3ccc4ccc5oc6ccc7oc(-c8ccccc8)nc7c6c5c4c3)nc(-c3cccc4ccccc34)n2)cc1. The molecule has 0 spiro atoms. The molecule has 6 heteroatoms. The Hall–Kier alpha value is -6.66. The molecule has 10 aromatic rings. The van der Waals surface area contributed by atoms with Crippen LogP contribution in [-0.4, -0.2) is 19.9 Å². The highest BCUT2D eigenvalue weighted by molar-refractivity contribution is 6.25. The molecule has 48 heavy (non-hydrogen) atoms. The molecule has 0 aliphatic heterocycles. The Labute approximate surface area is 274 Å². The largest absolute Gasteiger partial charge is 0.456 e. The van der Waals surface area contributed by atoms with Gasteiger partial charge in [-0.05, 0) is 57.9 Å². The minimum absolute atomic E-state index is 0.577. The molecule has 0 saturated heterocycles. The molecule has 3 aromatic heterocycles. The van der Waals surface area contributed by atoms with E-state index >= 15 is 0 Å². The fourth-order valence-corrected chi connectivity index (χ4v) is 6.67. The smallest absolute Gasteiger partial charge is 0.227 e. The summed E-state index contributed by atoms with van der Waals surface area (Å²) in [6, 6.07) is 48.9. The van der Waals surface area contributed by atoms with E-state index in [-0.39, 0.29) is 0 Å². The standard InChI is InChI=1S/C42H24N4O2/c1-3-11-27(12-4-1)39-44-40(46-41(45-39)31-17-9-15-25-10-7-8-16-30(25)31)29-19-18-26-20-21-33-36(32(26)24-29)37-34(47-33)22-23-35-38(37)43-42(48-35)28-13-5-2-6-14-28/h1-24H. The van der Waals surface area contributed by atoms with Gasteiger partial charge in [-0.2, -0.15) is 0 Å². The van der Waals surface area contributed by atoms with E-state index in [1.165, 1.54) is 0 Å². The highest BCUT2D eigenvalue weighted by atomic mass is 16.4. The monoisotopic (exact) mass is 616 g/mol. The van der Waals surface area contributed by atoms with Crippen LogP contribution in [0.15, 0.2) is 154 Å². The predicted octanol–water partition coefficient (Wildman–Crippen LogP) is 10.9. The maximum absolute atomic E-state index is 6.40. The first kappa shape index (κ1) is 26.5. The molecule has 7 aromatic carbocycles. The molecule has 0 unspecified atom stereocenters. The summed E-state index contributed by atoms with van der Waals surface area (Å²) in [5, 5.41) is 6.22. The van der Waals surface area contributed by atoms with Crippen molar-refractivity contribution in [3.63, 3.8) is 0 Å². The Bertz CT molecular complexity index is 2830. The van der Waals surface area contributed by atoms with Gasteiger partial charge in [0.1, 0.15) is 16.7 Å². The molecule has 0 aliphatic carbocycles. The van der Waals surface area contributed by atoms with Gasteiger partial charge < -0.3 is 8.83 Å². The zero-order valence-corrected chi connectivity index (χ0v) is 25.5. The minimum atomic E-state index is 0.577. The number of aromatic nitrogens is 4. The van der Waals surface area contributed by atoms with Gasteiger partial charge in [0.15, 0.2) is 23.1 Å². The highest BCUT2D eigenvalue weighted by Gasteiger charge is 2.20. The number of hydrogen-bond acceptors (Lipinski definition) is 6. The quantitative estimate of drug-likeness (QED) is 0.196. The Kier molecular flexibility index (Phi) is 5.77. The van der Waals surface area contributed by atoms with Crippen LogP contribution in [0.5, 0.6) is 0 Å². The van der Waals surface area contributed by atoms with Crippen molar-refractivity contribution in [1.29, 1.82) is 0 Å². The number of fused-ring (bicyclic) bond motifs is 8. The van der Waals surface area contributed by atoms with Gasteiger partial charge in [-0.15, -0.1) is 0 Å². The molecule has 224 valence electrons. The Morgan fingerprint density at radius 3 is 1.85 bits per heavy atom. The summed E-state index contributed by atoms with van der Waals surface area (Å²) in [6.07, 6.45) is 0. The van der Waals surface area contributed by atoms with Crippen LogP contribution >= 0.6 is 0 Å². The number of furan rings is 1. The van der Waals surface area contributed by atoms with Gasteiger partial charge in [0.05, 0.1) is 5.39 Å². The molecular weight excluding hydrogens is 592 g/mol. The van der Waals surface area contributed by atoms with Crippen LogP contribution in [0.3, 0.4) is 0 Å².